The second kappa shape index (κ2) is 7.69. The van der Waals surface area contributed by atoms with E-state index in [1.54, 1.807) is 0 Å². The van der Waals surface area contributed by atoms with Gasteiger partial charge in [-0.05, 0) is 55.2 Å². The van der Waals surface area contributed by atoms with Crippen molar-refractivity contribution in [2.24, 2.45) is 0 Å². The summed E-state index contributed by atoms with van der Waals surface area (Å²) in [5, 5.41) is 3.06. The van der Waals surface area contributed by atoms with Crippen molar-refractivity contribution in [3.8, 4) is 11.3 Å². The fourth-order valence-electron chi connectivity index (χ4n) is 3.25. The number of benzene rings is 2. The van der Waals surface area contributed by atoms with Crippen LogP contribution in [0, 0.1) is 13.8 Å². The van der Waals surface area contributed by atoms with Crippen molar-refractivity contribution < 1.29 is 4.79 Å². The number of amides is 1. The van der Waals surface area contributed by atoms with Crippen LogP contribution in [0.5, 0.6) is 0 Å². The summed E-state index contributed by atoms with van der Waals surface area (Å²) >= 11 is 0. The maximum absolute atomic E-state index is 12.4. The monoisotopic (exact) mass is 369 g/mol. The average molecular weight is 369 g/mol. The Labute approximate surface area is 164 Å². The topological polar surface area (TPSA) is 46.4 Å². The molecule has 0 aliphatic carbocycles. The molecule has 0 bridgehead atoms. The minimum atomic E-state index is 0.0229. The van der Waals surface area contributed by atoms with Crippen LogP contribution in [0.15, 0.2) is 73.1 Å². The van der Waals surface area contributed by atoms with Crippen molar-refractivity contribution in [2.45, 2.75) is 26.7 Å². The minimum absolute atomic E-state index is 0.0229. The molecule has 4 nitrogen and oxygen atoms in total. The van der Waals surface area contributed by atoms with Gasteiger partial charge in [-0.25, -0.2) is 4.98 Å². The van der Waals surface area contributed by atoms with E-state index in [1.165, 1.54) is 11.1 Å². The molecule has 2 heterocycles. The Balaban J connectivity index is 1.52. The Morgan fingerprint density at radius 3 is 2.68 bits per heavy atom. The van der Waals surface area contributed by atoms with E-state index >= 15 is 0 Å². The largest absolute Gasteiger partial charge is 0.326 e. The SMILES string of the molecule is Cc1ccn2cc(-c3ccc(C)c(NC(=O)CCc4ccccc4)c3)nc2c1. The molecule has 4 heteroatoms. The van der Waals surface area contributed by atoms with Gasteiger partial charge in [-0.3, -0.25) is 4.79 Å². The fraction of sp³-hybridized carbons (Fsp3) is 0.167. The van der Waals surface area contributed by atoms with Crippen LogP contribution in [0.4, 0.5) is 5.69 Å². The number of carbonyl (C=O) groups excluding carboxylic acids is 1. The molecule has 0 spiro atoms. The van der Waals surface area contributed by atoms with Gasteiger partial charge in [-0.15, -0.1) is 0 Å². The van der Waals surface area contributed by atoms with Crippen molar-refractivity contribution >= 4 is 17.2 Å². The molecule has 1 amide bonds. The Hall–Kier alpha value is -3.40. The highest BCUT2D eigenvalue weighted by Gasteiger charge is 2.10. The number of rotatable bonds is 5. The number of aromatic nitrogens is 2. The molecule has 0 aliphatic rings. The molecule has 0 aliphatic heterocycles. The zero-order chi connectivity index (χ0) is 19.5. The number of nitrogens with zero attached hydrogens (tertiary/aromatic N) is 2. The molecule has 0 radical (unpaired) electrons. The molecule has 140 valence electrons. The third-order valence-corrected chi connectivity index (χ3v) is 4.91. The first-order valence-corrected chi connectivity index (χ1v) is 9.49. The highest BCUT2D eigenvalue weighted by atomic mass is 16.1. The second-order valence-corrected chi connectivity index (χ2v) is 7.16. The van der Waals surface area contributed by atoms with Gasteiger partial charge in [0.15, 0.2) is 0 Å². The van der Waals surface area contributed by atoms with Gasteiger partial charge in [0.1, 0.15) is 5.65 Å². The molecule has 2 aromatic heterocycles. The summed E-state index contributed by atoms with van der Waals surface area (Å²) in [6.45, 7) is 4.06. The Morgan fingerprint density at radius 2 is 1.86 bits per heavy atom. The summed E-state index contributed by atoms with van der Waals surface area (Å²) in [6, 6.07) is 20.3. The molecule has 0 saturated carbocycles. The van der Waals surface area contributed by atoms with Crippen molar-refractivity contribution in [3.05, 3.63) is 89.7 Å². The summed E-state index contributed by atoms with van der Waals surface area (Å²) in [5.41, 5.74) is 7.03. The van der Waals surface area contributed by atoms with E-state index in [1.807, 2.05) is 72.2 Å². The molecular weight excluding hydrogens is 346 g/mol. The molecule has 0 saturated heterocycles. The molecule has 4 rings (SSSR count). The molecule has 0 unspecified atom stereocenters. The number of carbonyl (C=O) groups is 1. The lowest BCUT2D eigenvalue weighted by Crippen LogP contribution is -2.13. The standard InChI is InChI=1S/C24H23N3O/c1-17-12-13-27-16-22(25-23(27)14-17)20-10-8-18(2)21(15-20)26-24(28)11-9-19-6-4-3-5-7-19/h3-8,10,12-16H,9,11H2,1-2H3,(H,26,28). The quantitative estimate of drug-likeness (QED) is 0.526. The number of nitrogens with one attached hydrogen (secondary N) is 1. The van der Waals surface area contributed by atoms with Gasteiger partial charge >= 0.3 is 0 Å². The van der Waals surface area contributed by atoms with Crippen molar-refractivity contribution in [1.82, 2.24) is 9.38 Å². The summed E-state index contributed by atoms with van der Waals surface area (Å²) in [5.74, 6) is 0.0229. The molecule has 4 aromatic rings. The third kappa shape index (κ3) is 3.96. The highest BCUT2D eigenvalue weighted by molar-refractivity contribution is 5.92. The van der Waals surface area contributed by atoms with Crippen LogP contribution in [0.2, 0.25) is 0 Å². The van der Waals surface area contributed by atoms with Crippen LogP contribution in [-0.4, -0.2) is 15.3 Å². The molecule has 28 heavy (non-hydrogen) atoms. The Bertz CT molecular complexity index is 1130. The number of anilines is 1. The smallest absolute Gasteiger partial charge is 0.224 e. The van der Waals surface area contributed by atoms with Gasteiger partial charge in [0.2, 0.25) is 5.91 Å². The third-order valence-electron chi connectivity index (χ3n) is 4.91. The van der Waals surface area contributed by atoms with Crippen LogP contribution < -0.4 is 5.32 Å². The van der Waals surface area contributed by atoms with E-state index in [0.29, 0.717) is 6.42 Å². The lowest BCUT2D eigenvalue weighted by Gasteiger charge is -2.10. The lowest BCUT2D eigenvalue weighted by molar-refractivity contribution is -0.116. The van der Waals surface area contributed by atoms with E-state index in [0.717, 1.165) is 34.6 Å². The lowest BCUT2D eigenvalue weighted by atomic mass is 10.1. The molecule has 0 fully saturated rings. The number of pyridine rings is 1. The Morgan fingerprint density at radius 1 is 1.04 bits per heavy atom. The fourth-order valence-corrected chi connectivity index (χ4v) is 3.25. The van der Waals surface area contributed by atoms with Crippen LogP contribution >= 0.6 is 0 Å². The van der Waals surface area contributed by atoms with E-state index in [-0.39, 0.29) is 5.91 Å². The summed E-state index contributed by atoms with van der Waals surface area (Å²) < 4.78 is 2.01. The van der Waals surface area contributed by atoms with Crippen molar-refractivity contribution in [2.75, 3.05) is 5.32 Å². The van der Waals surface area contributed by atoms with Crippen molar-refractivity contribution in [3.63, 3.8) is 0 Å². The van der Waals surface area contributed by atoms with Gasteiger partial charge in [0.25, 0.3) is 0 Å². The maximum atomic E-state index is 12.4. The number of fused-ring (bicyclic) bond motifs is 1. The van der Waals surface area contributed by atoms with Gasteiger partial charge in [-0.1, -0.05) is 42.5 Å². The molecule has 1 N–H and O–H groups in total. The van der Waals surface area contributed by atoms with Crippen LogP contribution in [0.25, 0.3) is 16.9 Å². The first-order valence-electron chi connectivity index (χ1n) is 9.49. The molecule has 2 aromatic carbocycles. The predicted molar refractivity (Wildman–Crippen MR) is 113 cm³/mol. The van der Waals surface area contributed by atoms with Crippen LogP contribution in [0.3, 0.4) is 0 Å². The van der Waals surface area contributed by atoms with E-state index in [2.05, 4.69) is 24.4 Å². The summed E-state index contributed by atoms with van der Waals surface area (Å²) in [6.07, 6.45) is 5.22. The van der Waals surface area contributed by atoms with Gasteiger partial charge in [0.05, 0.1) is 5.69 Å². The van der Waals surface area contributed by atoms with E-state index in [9.17, 15) is 4.79 Å². The van der Waals surface area contributed by atoms with Crippen LogP contribution in [0.1, 0.15) is 23.1 Å². The van der Waals surface area contributed by atoms with Crippen molar-refractivity contribution in [1.29, 1.82) is 0 Å². The zero-order valence-corrected chi connectivity index (χ0v) is 16.1. The minimum Gasteiger partial charge on any atom is -0.326 e. The number of imidazole rings is 1. The van der Waals surface area contributed by atoms with Gasteiger partial charge in [0, 0.05) is 30.1 Å². The Kier molecular flexibility index (Phi) is 4.94. The summed E-state index contributed by atoms with van der Waals surface area (Å²) in [7, 11) is 0. The first-order chi connectivity index (χ1) is 13.6. The first kappa shape index (κ1) is 18.0. The maximum Gasteiger partial charge on any atom is 0.224 e. The van der Waals surface area contributed by atoms with Crippen LogP contribution in [-0.2, 0) is 11.2 Å². The normalized spacial score (nSPS) is 10.9. The number of hydrogen-bond donors (Lipinski definition) is 1. The van der Waals surface area contributed by atoms with E-state index < -0.39 is 0 Å². The average Bonchev–Trinajstić information content (AvgIpc) is 3.12. The summed E-state index contributed by atoms with van der Waals surface area (Å²) in [4.78, 5) is 17.2. The highest BCUT2D eigenvalue weighted by Crippen LogP contribution is 2.25. The van der Waals surface area contributed by atoms with Gasteiger partial charge < -0.3 is 9.72 Å². The van der Waals surface area contributed by atoms with E-state index in [4.69, 9.17) is 4.98 Å². The number of aryl methyl sites for hydroxylation is 3. The predicted octanol–water partition coefficient (Wildman–Crippen LogP) is 5.19. The second-order valence-electron chi connectivity index (χ2n) is 7.16. The number of hydrogen-bond acceptors (Lipinski definition) is 2. The van der Waals surface area contributed by atoms with Gasteiger partial charge in [-0.2, -0.15) is 0 Å². The molecule has 0 atom stereocenters. The molecular formula is C24H23N3O. The zero-order valence-electron chi connectivity index (χ0n) is 16.1.